The number of aromatic nitrogens is 1. The van der Waals surface area contributed by atoms with E-state index >= 15 is 0 Å². The third-order valence-corrected chi connectivity index (χ3v) is 3.46. The highest BCUT2D eigenvalue weighted by Gasteiger charge is 2.21. The molecule has 0 saturated carbocycles. The van der Waals surface area contributed by atoms with E-state index in [4.69, 9.17) is 4.74 Å². The molecule has 0 aliphatic carbocycles. The molecule has 0 aliphatic heterocycles. The van der Waals surface area contributed by atoms with Gasteiger partial charge >= 0.3 is 5.97 Å². The molecular formula is C16H24N2O4. The number of nitrogens with one attached hydrogen (secondary N) is 2. The summed E-state index contributed by atoms with van der Waals surface area (Å²) < 4.78 is 5.00. The van der Waals surface area contributed by atoms with Crippen molar-refractivity contribution >= 4 is 17.7 Å². The number of aromatic amines is 1. The van der Waals surface area contributed by atoms with Gasteiger partial charge in [-0.2, -0.15) is 0 Å². The first-order chi connectivity index (χ1) is 10.3. The molecule has 6 nitrogen and oxygen atoms in total. The number of H-pyrrole nitrogens is 1. The van der Waals surface area contributed by atoms with Crippen LogP contribution in [0, 0.1) is 13.8 Å². The highest BCUT2D eigenvalue weighted by Crippen LogP contribution is 2.19. The van der Waals surface area contributed by atoms with Gasteiger partial charge in [-0.3, -0.25) is 9.59 Å². The second-order valence-corrected chi connectivity index (χ2v) is 5.51. The number of carbonyl (C=O) groups excluding carboxylic acids is 3. The Labute approximate surface area is 130 Å². The summed E-state index contributed by atoms with van der Waals surface area (Å²) in [6, 6.07) is 0.0509. The number of hydrogen-bond donors (Lipinski definition) is 2. The number of carbonyl (C=O) groups is 3. The Balaban J connectivity index is 2.65. The summed E-state index contributed by atoms with van der Waals surface area (Å²) in [6.45, 7) is 8.45. The number of ketones is 1. The number of hydrogen-bond acceptors (Lipinski definition) is 4. The van der Waals surface area contributed by atoms with E-state index in [0.717, 1.165) is 12.8 Å². The second-order valence-electron chi connectivity index (χ2n) is 5.51. The lowest BCUT2D eigenvalue weighted by atomic mass is 10.1. The molecule has 1 amide bonds. The van der Waals surface area contributed by atoms with Gasteiger partial charge in [0.1, 0.15) is 5.69 Å². The van der Waals surface area contributed by atoms with Crippen LogP contribution in [0.3, 0.4) is 0 Å². The van der Waals surface area contributed by atoms with Crippen molar-refractivity contribution in [3.05, 3.63) is 22.5 Å². The zero-order valence-electron chi connectivity index (χ0n) is 13.8. The van der Waals surface area contributed by atoms with Gasteiger partial charge in [-0.1, -0.05) is 13.3 Å². The van der Waals surface area contributed by atoms with E-state index in [9.17, 15) is 14.4 Å². The van der Waals surface area contributed by atoms with E-state index in [0.29, 0.717) is 16.8 Å². The quantitative estimate of drug-likeness (QED) is 0.597. The van der Waals surface area contributed by atoms with E-state index in [-0.39, 0.29) is 30.0 Å². The van der Waals surface area contributed by atoms with Crippen molar-refractivity contribution < 1.29 is 19.1 Å². The summed E-state index contributed by atoms with van der Waals surface area (Å²) in [5, 5.41) is 2.76. The summed E-state index contributed by atoms with van der Waals surface area (Å²) in [5.41, 5.74) is 1.89. The van der Waals surface area contributed by atoms with Crippen molar-refractivity contribution in [1.29, 1.82) is 0 Å². The van der Waals surface area contributed by atoms with Gasteiger partial charge in [0.25, 0.3) is 5.91 Å². The Bertz CT molecular complexity index is 575. The fourth-order valence-electron chi connectivity index (χ4n) is 2.51. The fourth-order valence-corrected chi connectivity index (χ4v) is 2.51. The molecule has 1 aromatic rings. The topological polar surface area (TPSA) is 88.3 Å². The first kappa shape index (κ1) is 17.9. The summed E-state index contributed by atoms with van der Waals surface area (Å²) in [4.78, 5) is 38.1. The number of aryl methyl sites for hydroxylation is 1. The first-order valence-electron chi connectivity index (χ1n) is 7.44. The second kappa shape index (κ2) is 7.77. The van der Waals surface area contributed by atoms with Crippen LogP contribution in [0.15, 0.2) is 0 Å². The zero-order valence-corrected chi connectivity index (χ0v) is 13.8. The molecule has 0 unspecified atom stereocenters. The third-order valence-electron chi connectivity index (χ3n) is 3.46. The molecule has 6 heteroatoms. The molecule has 1 aromatic heterocycles. The smallest absolute Gasteiger partial charge is 0.355 e. The summed E-state index contributed by atoms with van der Waals surface area (Å²) in [7, 11) is 0. The Hall–Kier alpha value is -2.11. The molecule has 2 N–H and O–H groups in total. The minimum absolute atomic E-state index is 0.0509. The molecular weight excluding hydrogens is 284 g/mol. The number of Topliss-reactive ketones (excluding diaryl/α,β-unsaturated/α-hetero) is 1. The molecule has 1 heterocycles. The summed E-state index contributed by atoms with van der Waals surface area (Å²) in [5.74, 6) is -1.08. The van der Waals surface area contributed by atoms with Gasteiger partial charge in [-0.15, -0.1) is 0 Å². The van der Waals surface area contributed by atoms with Crippen molar-refractivity contribution in [3.8, 4) is 0 Å². The summed E-state index contributed by atoms with van der Waals surface area (Å²) >= 11 is 0. The van der Waals surface area contributed by atoms with Crippen molar-refractivity contribution in [2.24, 2.45) is 0 Å². The van der Waals surface area contributed by atoms with E-state index < -0.39 is 5.97 Å². The Morgan fingerprint density at radius 2 is 1.91 bits per heavy atom. The number of ether oxygens (including phenoxy) is 1. The lowest BCUT2D eigenvalue weighted by Gasteiger charge is -2.12. The minimum atomic E-state index is -0.633. The predicted molar refractivity (Wildman–Crippen MR) is 83.1 cm³/mol. The van der Waals surface area contributed by atoms with Gasteiger partial charge < -0.3 is 15.0 Å². The maximum atomic E-state index is 12.0. The molecule has 0 radical (unpaired) electrons. The normalized spacial score (nSPS) is 11.9. The summed E-state index contributed by atoms with van der Waals surface area (Å²) in [6.07, 6.45) is 1.84. The van der Waals surface area contributed by atoms with Crippen LogP contribution in [0.1, 0.15) is 65.7 Å². The lowest BCUT2D eigenvalue weighted by molar-refractivity contribution is -0.124. The Morgan fingerprint density at radius 3 is 2.41 bits per heavy atom. The number of amides is 1. The SMILES string of the molecule is CCC[C@H](C)NC(=O)COC(=O)c1[nH]c(C)c(C(C)=O)c1C. The van der Waals surface area contributed by atoms with Crippen molar-refractivity contribution in [2.75, 3.05) is 6.61 Å². The average molecular weight is 308 g/mol. The fraction of sp³-hybridized carbons (Fsp3) is 0.562. The largest absolute Gasteiger partial charge is 0.451 e. The molecule has 0 bridgehead atoms. The lowest BCUT2D eigenvalue weighted by Crippen LogP contribution is -2.35. The van der Waals surface area contributed by atoms with Crippen LogP contribution in [0.25, 0.3) is 0 Å². The van der Waals surface area contributed by atoms with Gasteiger partial charge in [-0.05, 0) is 39.7 Å². The van der Waals surface area contributed by atoms with E-state index in [1.807, 2.05) is 13.8 Å². The maximum absolute atomic E-state index is 12.0. The van der Waals surface area contributed by atoms with Crippen LogP contribution in [0.2, 0.25) is 0 Å². The van der Waals surface area contributed by atoms with E-state index in [1.54, 1.807) is 13.8 Å². The zero-order chi connectivity index (χ0) is 16.9. The molecule has 0 aromatic carbocycles. The monoisotopic (exact) mass is 308 g/mol. The molecule has 0 spiro atoms. The van der Waals surface area contributed by atoms with Crippen LogP contribution >= 0.6 is 0 Å². The van der Waals surface area contributed by atoms with Gasteiger partial charge in [0, 0.05) is 17.3 Å². The number of esters is 1. The minimum Gasteiger partial charge on any atom is -0.451 e. The van der Waals surface area contributed by atoms with E-state index in [2.05, 4.69) is 10.3 Å². The molecule has 0 saturated heterocycles. The van der Waals surface area contributed by atoms with Crippen LogP contribution < -0.4 is 5.32 Å². The molecule has 22 heavy (non-hydrogen) atoms. The third kappa shape index (κ3) is 4.44. The van der Waals surface area contributed by atoms with Gasteiger partial charge in [0.05, 0.1) is 0 Å². The molecule has 1 atom stereocenters. The van der Waals surface area contributed by atoms with Crippen LogP contribution in [-0.4, -0.2) is 35.3 Å². The maximum Gasteiger partial charge on any atom is 0.355 e. The number of rotatable bonds is 7. The highest BCUT2D eigenvalue weighted by molar-refractivity contribution is 6.01. The highest BCUT2D eigenvalue weighted by atomic mass is 16.5. The predicted octanol–water partition coefficient (Wildman–Crippen LogP) is 2.30. The standard InChI is InChI=1S/C16H24N2O4/c1-6-7-9(2)17-13(20)8-22-16(21)15-10(3)14(12(5)19)11(4)18-15/h9,18H,6-8H2,1-5H3,(H,17,20)/t9-/m0/s1. The van der Waals surface area contributed by atoms with E-state index in [1.165, 1.54) is 6.92 Å². The van der Waals surface area contributed by atoms with Gasteiger partial charge in [-0.25, -0.2) is 4.79 Å². The Kier molecular flexibility index (Phi) is 6.34. The molecule has 0 fully saturated rings. The van der Waals surface area contributed by atoms with Gasteiger partial charge in [0.2, 0.25) is 0 Å². The molecule has 122 valence electrons. The molecule has 0 aliphatic rings. The van der Waals surface area contributed by atoms with Gasteiger partial charge in [0.15, 0.2) is 12.4 Å². The van der Waals surface area contributed by atoms with Crippen molar-refractivity contribution in [3.63, 3.8) is 0 Å². The first-order valence-corrected chi connectivity index (χ1v) is 7.44. The van der Waals surface area contributed by atoms with Crippen molar-refractivity contribution in [1.82, 2.24) is 10.3 Å². The van der Waals surface area contributed by atoms with Crippen LogP contribution in [0.4, 0.5) is 0 Å². The Morgan fingerprint density at radius 1 is 1.27 bits per heavy atom. The van der Waals surface area contributed by atoms with Crippen LogP contribution in [-0.2, 0) is 9.53 Å². The van der Waals surface area contributed by atoms with Crippen molar-refractivity contribution in [2.45, 2.75) is 53.5 Å². The average Bonchev–Trinajstić information content (AvgIpc) is 2.71. The molecule has 1 rings (SSSR count). The van der Waals surface area contributed by atoms with Crippen LogP contribution in [0.5, 0.6) is 0 Å².